The summed E-state index contributed by atoms with van der Waals surface area (Å²) in [6, 6.07) is 15.7. The van der Waals surface area contributed by atoms with E-state index >= 15 is 0 Å². The lowest BCUT2D eigenvalue weighted by Gasteiger charge is -2.19. The van der Waals surface area contributed by atoms with E-state index < -0.39 is 0 Å². The molecular formula is C31H32N2O3S. The molecule has 1 atom stereocenters. The van der Waals surface area contributed by atoms with E-state index in [1.807, 2.05) is 50.2 Å². The van der Waals surface area contributed by atoms with Crippen LogP contribution in [0, 0.1) is 19.8 Å². The Morgan fingerprint density at radius 1 is 1.08 bits per heavy atom. The molecule has 5 rings (SSSR count). The first-order chi connectivity index (χ1) is 17.7. The monoisotopic (exact) mass is 512 g/mol. The summed E-state index contributed by atoms with van der Waals surface area (Å²) in [5.74, 6) is -0.0741. The minimum atomic E-state index is -0.368. The number of thiophene rings is 1. The third-order valence-electron chi connectivity index (χ3n) is 7.05. The van der Waals surface area contributed by atoms with Gasteiger partial charge in [0.25, 0.3) is 5.91 Å². The quantitative estimate of drug-likeness (QED) is 0.281. The Kier molecular flexibility index (Phi) is 6.86. The maximum absolute atomic E-state index is 13.8. The molecule has 1 amide bonds. The van der Waals surface area contributed by atoms with Crippen molar-refractivity contribution >= 4 is 39.1 Å². The second kappa shape index (κ2) is 10.1. The van der Waals surface area contributed by atoms with Crippen molar-refractivity contribution in [1.29, 1.82) is 0 Å². The number of anilines is 1. The number of benzene rings is 2. The van der Waals surface area contributed by atoms with Crippen LogP contribution >= 0.6 is 11.3 Å². The van der Waals surface area contributed by atoms with Crippen molar-refractivity contribution in [3.8, 4) is 11.3 Å². The maximum Gasteiger partial charge on any atom is 0.341 e. The summed E-state index contributed by atoms with van der Waals surface area (Å²) in [6.45, 7) is 10.1. The van der Waals surface area contributed by atoms with Gasteiger partial charge in [-0.25, -0.2) is 9.78 Å². The summed E-state index contributed by atoms with van der Waals surface area (Å²) < 4.78 is 5.59. The molecule has 0 bridgehead atoms. The van der Waals surface area contributed by atoms with E-state index in [0.717, 1.165) is 47.0 Å². The number of ether oxygens (including phenoxy) is 1. The number of hydrogen-bond acceptors (Lipinski definition) is 5. The van der Waals surface area contributed by atoms with Gasteiger partial charge >= 0.3 is 5.97 Å². The summed E-state index contributed by atoms with van der Waals surface area (Å²) in [5, 5.41) is 4.44. The zero-order valence-corrected chi connectivity index (χ0v) is 22.8. The number of nitrogens with one attached hydrogen (secondary N) is 1. The third kappa shape index (κ3) is 5.03. The first kappa shape index (κ1) is 25.2. The van der Waals surface area contributed by atoms with Gasteiger partial charge in [-0.1, -0.05) is 37.3 Å². The Labute approximate surface area is 221 Å². The molecule has 0 saturated heterocycles. The molecule has 1 aliphatic rings. The van der Waals surface area contributed by atoms with Crippen LogP contribution in [-0.4, -0.2) is 23.0 Å². The van der Waals surface area contributed by atoms with E-state index in [2.05, 4.69) is 38.2 Å². The fourth-order valence-electron chi connectivity index (χ4n) is 4.91. The lowest BCUT2D eigenvalue weighted by molar-refractivity contribution is 0.0378. The molecule has 4 aromatic rings. The number of amides is 1. The van der Waals surface area contributed by atoms with Gasteiger partial charge < -0.3 is 10.1 Å². The Bertz CT molecular complexity index is 1520. The predicted molar refractivity (Wildman–Crippen MR) is 151 cm³/mol. The first-order valence-corrected chi connectivity index (χ1v) is 13.7. The van der Waals surface area contributed by atoms with E-state index in [4.69, 9.17) is 9.72 Å². The normalized spacial score (nSPS) is 15.0. The van der Waals surface area contributed by atoms with Crippen LogP contribution in [0.5, 0.6) is 0 Å². The van der Waals surface area contributed by atoms with Gasteiger partial charge in [-0.3, -0.25) is 4.79 Å². The highest BCUT2D eigenvalue weighted by Gasteiger charge is 2.30. The number of para-hydroxylation sites is 1. The predicted octanol–water partition coefficient (Wildman–Crippen LogP) is 7.52. The van der Waals surface area contributed by atoms with Gasteiger partial charge in [0, 0.05) is 15.8 Å². The first-order valence-electron chi connectivity index (χ1n) is 12.9. The molecule has 1 N–H and O–H groups in total. The van der Waals surface area contributed by atoms with Gasteiger partial charge in [0.15, 0.2) is 0 Å². The summed E-state index contributed by atoms with van der Waals surface area (Å²) >= 11 is 1.51. The van der Waals surface area contributed by atoms with Crippen molar-refractivity contribution in [2.45, 2.75) is 60.0 Å². The van der Waals surface area contributed by atoms with E-state index in [-0.39, 0.29) is 18.0 Å². The van der Waals surface area contributed by atoms with Crippen LogP contribution in [0.1, 0.15) is 69.5 Å². The number of carbonyl (C=O) groups is 2. The topological polar surface area (TPSA) is 68.3 Å². The molecule has 2 aromatic heterocycles. The molecule has 0 saturated carbocycles. The highest BCUT2D eigenvalue weighted by Crippen LogP contribution is 2.40. The van der Waals surface area contributed by atoms with Crippen molar-refractivity contribution in [2.24, 2.45) is 5.92 Å². The molecule has 2 heterocycles. The highest BCUT2D eigenvalue weighted by molar-refractivity contribution is 7.17. The fraction of sp³-hybridized carbons (Fsp3) is 0.323. The smallest absolute Gasteiger partial charge is 0.341 e. The Morgan fingerprint density at radius 2 is 1.86 bits per heavy atom. The van der Waals surface area contributed by atoms with Crippen molar-refractivity contribution in [3.05, 3.63) is 81.2 Å². The maximum atomic E-state index is 13.8. The summed E-state index contributed by atoms with van der Waals surface area (Å²) in [5.41, 5.74) is 6.91. The number of fused-ring (bicyclic) bond motifs is 2. The number of hydrogen-bond donors (Lipinski definition) is 1. The van der Waals surface area contributed by atoms with Gasteiger partial charge in [-0.2, -0.15) is 0 Å². The molecule has 1 aliphatic carbocycles. The second-order valence-electron chi connectivity index (χ2n) is 10.3. The van der Waals surface area contributed by atoms with E-state index in [1.165, 1.54) is 27.3 Å². The van der Waals surface area contributed by atoms with Gasteiger partial charge in [0.2, 0.25) is 0 Å². The van der Waals surface area contributed by atoms with Crippen LogP contribution in [0.4, 0.5) is 5.00 Å². The lowest BCUT2D eigenvalue weighted by atomic mass is 9.88. The Hall–Kier alpha value is -3.51. The van der Waals surface area contributed by atoms with Gasteiger partial charge in [0.05, 0.1) is 28.4 Å². The van der Waals surface area contributed by atoms with Gasteiger partial charge in [0.1, 0.15) is 5.00 Å². The number of aromatic nitrogens is 1. The van der Waals surface area contributed by atoms with Crippen molar-refractivity contribution in [1.82, 2.24) is 4.98 Å². The number of rotatable bonds is 5. The van der Waals surface area contributed by atoms with Crippen LogP contribution in [0.25, 0.3) is 22.2 Å². The van der Waals surface area contributed by atoms with Crippen molar-refractivity contribution in [3.63, 3.8) is 0 Å². The average Bonchev–Trinajstić information content (AvgIpc) is 3.21. The zero-order chi connectivity index (χ0) is 26.3. The molecule has 0 radical (unpaired) electrons. The Balaban J connectivity index is 1.58. The molecule has 5 nitrogen and oxygen atoms in total. The molecule has 6 heteroatoms. The number of carbonyl (C=O) groups excluding carboxylic acids is 2. The van der Waals surface area contributed by atoms with Crippen LogP contribution in [0.3, 0.4) is 0 Å². The van der Waals surface area contributed by atoms with Crippen LogP contribution in [0.15, 0.2) is 48.5 Å². The molecule has 0 spiro atoms. The molecular weight excluding hydrogens is 480 g/mol. The minimum absolute atomic E-state index is 0.237. The largest absolute Gasteiger partial charge is 0.459 e. The van der Waals surface area contributed by atoms with Gasteiger partial charge in [-0.05, 0) is 87.8 Å². The SMILES string of the molecule is Cc1ccc(-c2cc(C(=O)Nc3sc4c(c3C(=O)OC(C)C)CCC(C)C4)c3ccccc3n2)cc1C. The van der Waals surface area contributed by atoms with Crippen LogP contribution < -0.4 is 5.32 Å². The van der Waals surface area contributed by atoms with Crippen LogP contribution in [-0.2, 0) is 17.6 Å². The number of esters is 1. The zero-order valence-electron chi connectivity index (χ0n) is 22.0. The lowest BCUT2D eigenvalue weighted by Crippen LogP contribution is -2.19. The third-order valence-corrected chi connectivity index (χ3v) is 8.22. The second-order valence-corrected chi connectivity index (χ2v) is 11.4. The van der Waals surface area contributed by atoms with E-state index in [0.29, 0.717) is 22.0 Å². The number of nitrogens with zero attached hydrogens (tertiary/aromatic N) is 1. The minimum Gasteiger partial charge on any atom is -0.459 e. The molecule has 0 aliphatic heterocycles. The standard InChI is InChI=1S/C31H32N2O3S/c1-17(2)36-31(35)28-23-13-10-18(3)14-27(23)37-30(28)33-29(34)24-16-26(21-12-11-19(4)20(5)15-21)32-25-9-7-6-8-22(24)25/h6-9,11-12,15-18H,10,13-14H2,1-5H3,(H,33,34). The van der Waals surface area contributed by atoms with E-state index in [1.54, 1.807) is 0 Å². The Morgan fingerprint density at radius 3 is 2.62 bits per heavy atom. The molecule has 190 valence electrons. The molecule has 0 fully saturated rings. The van der Waals surface area contributed by atoms with Gasteiger partial charge in [-0.15, -0.1) is 11.3 Å². The average molecular weight is 513 g/mol. The fourth-order valence-corrected chi connectivity index (χ4v) is 6.30. The van der Waals surface area contributed by atoms with Crippen molar-refractivity contribution in [2.75, 3.05) is 5.32 Å². The highest BCUT2D eigenvalue weighted by atomic mass is 32.1. The van der Waals surface area contributed by atoms with Crippen molar-refractivity contribution < 1.29 is 14.3 Å². The van der Waals surface area contributed by atoms with E-state index in [9.17, 15) is 9.59 Å². The number of pyridine rings is 1. The molecule has 37 heavy (non-hydrogen) atoms. The summed E-state index contributed by atoms with van der Waals surface area (Å²) in [7, 11) is 0. The summed E-state index contributed by atoms with van der Waals surface area (Å²) in [4.78, 5) is 33.0. The van der Waals surface area contributed by atoms with Crippen LogP contribution in [0.2, 0.25) is 0 Å². The molecule has 1 unspecified atom stereocenters. The summed E-state index contributed by atoms with van der Waals surface area (Å²) in [6.07, 6.45) is 2.51. The molecule has 2 aromatic carbocycles. The number of aryl methyl sites for hydroxylation is 2.